The number of benzene rings is 1. The highest BCUT2D eigenvalue weighted by molar-refractivity contribution is 5.85. The zero-order valence-corrected chi connectivity index (χ0v) is 18.6. The Kier molecular flexibility index (Phi) is 5.92. The van der Waals surface area contributed by atoms with Crippen molar-refractivity contribution >= 4 is 22.9 Å². The van der Waals surface area contributed by atoms with Crippen molar-refractivity contribution in [3.8, 4) is 5.75 Å². The number of rotatable bonds is 5. The van der Waals surface area contributed by atoms with E-state index in [9.17, 15) is 4.79 Å². The van der Waals surface area contributed by atoms with Crippen molar-refractivity contribution in [2.75, 3.05) is 25.1 Å². The molecule has 1 amide bonds. The standard InChI is InChI=1S/C24H30N6O2/c1-32-19-10-8-17(9-11-19)14-25-24(31)18-6-5-12-29(15-18)22-21-23(27-16-26-22)30-13-4-2-3-7-20(30)28-21/h8-11,16,18H,2-7,12-15H2,1H3,(H,25,31)/t18-/m1/s1. The van der Waals surface area contributed by atoms with Gasteiger partial charge in [0.2, 0.25) is 5.91 Å². The van der Waals surface area contributed by atoms with Gasteiger partial charge >= 0.3 is 0 Å². The molecule has 3 aromatic rings. The monoisotopic (exact) mass is 434 g/mol. The molecule has 32 heavy (non-hydrogen) atoms. The van der Waals surface area contributed by atoms with Gasteiger partial charge in [0.05, 0.1) is 13.0 Å². The maximum absolute atomic E-state index is 12.9. The average molecular weight is 435 g/mol. The molecule has 4 heterocycles. The van der Waals surface area contributed by atoms with Gasteiger partial charge in [-0.1, -0.05) is 18.6 Å². The summed E-state index contributed by atoms with van der Waals surface area (Å²) < 4.78 is 7.46. The van der Waals surface area contributed by atoms with Crippen molar-refractivity contribution in [2.45, 2.75) is 51.6 Å². The Balaban J connectivity index is 1.29. The normalized spacial score (nSPS) is 18.8. The van der Waals surface area contributed by atoms with Crippen molar-refractivity contribution < 1.29 is 9.53 Å². The van der Waals surface area contributed by atoms with E-state index in [2.05, 4.69) is 24.8 Å². The van der Waals surface area contributed by atoms with Crippen molar-refractivity contribution in [1.82, 2.24) is 24.8 Å². The number of ether oxygens (including phenoxy) is 1. The minimum Gasteiger partial charge on any atom is -0.497 e. The van der Waals surface area contributed by atoms with Crippen LogP contribution in [0.5, 0.6) is 5.75 Å². The minimum absolute atomic E-state index is 0.0625. The molecule has 0 aliphatic carbocycles. The van der Waals surface area contributed by atoms with Gasteiger partial charge in [-0.2, -0.15) is 0 Å². The van der Waals surface area contributed by atoms with Crippen LogP contribution in [0, 0.1) is 5.92 Å². The predicted molar refractivity (Wildman–Crippen MR) is 123 cm³/mol. The van der Waals surface area contributed by atoms with E-state index in [0.717, 1.165) is 72.9 Å². The molecule has 8 heteroatoms. The number of nitrogens with zero attached hydrogens (tertiary/aromatic N) is 5. The Morgan fingerprint density at radius 3 is 2.84 bits per heavy atom. The van der Waals surface area contributed by atoms with Gasteiger partial charge in [-0.3, -0.25) is 4.79 Å². The van der Waals surface area contributed by atoms with E-state index in [1.165, 1.54) is 12.8 Å². The van der Waals surface area contributed by atoms with Gasteiger partial charge < -0.3 is 19.5 Å². The summed E-state index contributed by atoms with van der Waals surface area (Å²) in [4.78, 5) is 29.2. The third kappa shape index (κ3) is 4.13. The van der Waals surface area contributed by atoms with E-state index >= 15 is 0 Å². The molecule has 168 valence electrons. The summed E-state index contributed by atoms with van der Waals surface area (Å²) in [6.07, 6.45) is 8.06. The Hall–Kier alpha value is -3.16. The Morgan fingerprint density at radius 2 is 2.00 bits per heavy atom. The van der Waals surface area contributed by atoms with Crippen molar-refractivity contribution in [1.29, 1.82) is 0 Å². The summed E-state index contributed by atoms with van der Waals surface area (Å²) in [5.74, 6) is 2.83. The van der Waals surface area contributed by atoms with E-state index in [1.54, 1.807) is 13.4 Å². The van der Waals surface area contributed by atoms with Crippen LogP contribution in [-0.2, 0) is 24.3 Å². The molecular weight excluding hydrogens is 404 g/mol. The molecule has 1 fully saturated rings. The van der Waals surface area contributed by atoms with Crippen LogP contribution in [-0.4, -0.2) is 45.6 Å². The molecule has 0 unspecified atom stereocenters. The van der Waals surface area contributed by atoms with Crippen LogP contribution in [0.15, 0.2) is 30.6 Å². The fourth-order valence-corrected chi connectivity index (χ4v) is 4.82. The Bertz CT molecular complexity index is 1090. The molecule has 0 spiro atoms. The van der Waals surface area contributed by atoms with Gasteiger partial charge in [0.15, 0.2) is 17.0 Å². The molecule has 2 aliphatic heterocycles. The highest BCUT2D eigenvalue weighted by Gasteiger charge is 2.29. The minimum atomic E-state index is -0.0625. The van der Waals surface area contributed by atoms with E-state index in [-0.39, 0.29) is 11.8 Å². The SMILES string of the molecule is COc1ccc(CNC(=O)[C@@H]2CCCN(c3ncnc4c3nc3n4CCCCC3)C2)cc1. The first-order chi connectivity index (χ1) is 15.7. The van der Waals surface area contributed by atoms with E-state index in [1.807, 2.05) is 24.3 Å². The summed E-state index contributed by atoms with van der Waals surface area (Å²) >= 11 is 0. The lowest BCUT2D eigenvalue weighted by atomic mass is 9.97. The van der Waals surface area contributed by atoms with E-state index in [4.69, 9.17) is 9.72 Å². The van der Waals surface area contributed by atoms with Crippen LogP contribution >= 0.6 is 0 Å². The van der Waals surface area contributed by atoms with Crippen LogP contribution < -0.4 is 15.0 Å². The van der Waals surface area contributed by atoms with Crippen LogP contribution in [0.3, 0.4) is 0 Å². The maximum atomic E-state index is 12.9. The number of anilines is 1. The number of methoxy groups -OCH3 is 1. The number of hydrogen-bond acceptors (Lipinski definition) is 6. The average Bonchev–Trinajstić information content (AvgIpc) is 3.03. The lowest BCUT2D eigenvalue weighted by molar-refractivity contribution is -0.125. The van der Waals surface area contributed by atoms with Crippen molar-refractivity contribution in [3.05, 3.63) is 42.0 Å². The van der Waals surface area contributed by atoms with Crippen LogP contribution in [0.1, 0.15) is 43.5 Å². The smallest absolute Gasteiger partial charge is 0.225 e. The topological polar surface area (TPSA) is 85.2 Å². The van der Waals surface area contributed by atoms with Gasteiger partial charge in [0.25, 0.3) is 0 Å². The lowest BCUT2D eigenvalue weighted by Gasteiger charge is -2.32. The number of fused-ring (bicyclic) bond motifs is 3. The first-order valence-electron chi connectivity index (χ1n) is 11.6. The number of hydrogen-bond donors (Lipinski definition) is 1. The first kappa shape index (κ1) is 20.7. The second-order valence-corrected chi connectivity index (χ2v) is 8.71. The molecule has 1 N–H and O–H groups in total. The Labute approximate surface area is 188 Å². The third-order valence-electron chi connectivity index (χ3n) is 6.59. The molecule has 8 nitrogen and oxygen atoms in total. The number of carbonyl (C=O) groups is 1. The number of amides is 1. The number of carbonyl (C=O) groups excluding carboxylic acids is 1. The molecule has 2 aromatic heterocycles. The molecule has 2 aliphatic rings. The zero-order valence-electron chi connectivity index (χ0n) is 18.6. The van der Waals surface area contributed by atoms with Crippen LogP contribution in [0.25, 0.3) is 11.2 Å². The highest BCUT2D eigenvalue weighted by Crippen LogP contribution is 2.29. The number of aryl methyl sites for hydroxylation is 2. The summed E-state index contributed by atoms with van der Waals surface area (Å²) in [5.41, 5.74) is 2.87. The summed E-state index contributed by atoms with van der Waals surface area (Å²) in [6.45, 7) is 3.03. The largest absolute Gasteiger partial charge is 0.497 e. The third-order valence-corrected chi connectivity index (χ3v) is 6.59. The first-order valence-corrected chi connectivity index (χ1v) is 11.6. The van der Waals surface area contributed by atoms with E-state index < -0.39 is 0 Å². The molecule has 0 bridgehead atoms. The highest BCUT2D eigenvalue weighted by atomic mass is 16.5. The van der Waals surface area contributed by atoms with Gasteiger partial charge in [-0.25, -0.2) is 15.0 Å². The summed E-state index contributed by atoms with van der Waals surface area (Å²) in [6, 6.07) is 7.78. The molecule has 1 saturated heterocycles. The van der Waals surface area contributed by atoms with E-state index in [0.29, 0.717) is 13.1 Å². The second-order valence-electron chi connectivity index (χ2n) is 8.71. The molecular formula is C24H30N6O2. The quantitative estimate of drug-likeness (QED) is 0.664. The second kappa shape index (κ2) is 9.14. The van der Waals surface area contributed by atoms with Crippen molar-refractivity contribution in [3.63, 3.8) is 0 Å². The molecule has 1 aromatic carbocycles. The van der Waals surface area contributed by atoms with Crippen LogP contribution in [0.4, 0.5) is 5.82 Å². The number of nitrogens with one attached hydrogen (secondary N) is 1. The fourth-order valence-electron chi connectivity index (χ4n) is 4.82. The van der Waals surface area contributed by atoms with Gasteiger partial charge in [0, 0.05) is 32.6 Å². The predicted octanol–water partition coefficient (Wildman–Crippen LogP) is 3.09. The summed E-state index contributed by atoms with van der Waals surface area (Å²) in [5, 5.41) is 3.10. The molecule has 0 saturated carbocycles. The maximum Gasteiger partial charge on any atom is 0.225 e. The molecule has 0 radical (unpaired) electrons. The number of imidazole rings is 1. The fraction of sp³-hybridized carbons (Fsp3) is 0.500. The van der Waals surface area contributed by atoms with Crippen LogP contribution in [0.2, 0.25) is 0 Å². The lowest BCUT2D eigenvalue weighted by Crippen LogP contribution is -2.43. The number of piperidine rings is 1. The van der Waals surface area contributed by atoms with Gasteiger partial charge in [-0.15, -0.1) is 0 Å². The summed E-state index contributed by atoms with van der Waals surface area (Å²) in [7, 11) is 1.65. The zero-order chi connectivity index (χ0) is 21.9. The van der Waals surface area contributed by atoms with Crippen molar-refractivity contribution in [2.24, 2.45) is 5.92 Å². The molecule has 1 atom stereocenters. The van der Waals surface area contributed by atoms with Gasteiger partial charge in [-0.05, 0) is 43.4 Å². The van der Waals surface area contributed by atoms with Gasteiger partial charge in [0.1, 0.15) is 17.9 Å². The Morgan fingerprint density at radius 1 is 1.12 bits per heavy atom. The number of aromatic nitrogens is 4. The molecule has 5 rings (SSSR count).